The molecule has 1 aliphatic heterocycles. The fourth-order valence-corrected chi connectivity index (χ4v) is 3.43. The summed E-state index contributed by atoms with van der Waals surface area (Å²) in [5, 5.41) is 0. The summed E-state index contributed by atoms with van der Waals surface area (Å²) in [7, 11) is 0. The highest BCUT2D eigenvalue weighted by molar-refractivity contribution is 4.92. The van der Waals surface area contributed by atoms with E-state index in [0.29, 0.717) is 6.04 Å². The molecule has 1 heterocycles. The molecule has 0 saturated carbocycles. The lowest BCUT2D eigenvalue weighted by atomic mass is 9.82. The van der Waals surface area contributed by atoms with Gasteiger partial charge in [-0.25, -0.2) is 0 Å². The Hall–Kier alpha value is -0.0800. The first-order chi connectivity index (χ1) is 7.36. The van der Waals surface area contributed by atoms with Gasteiger partial charge >= 0.3 is 0 Å². The molecule has 0 aromatic carbocycles. The molecule has 0 bridgehead atoms. The van der Waals surface area contributed by atoms with Crippen molar-refractivity contribution in [2.75, 3.05) is 13.1 Å². The highest BCUT2D eigenvalue weighted by Crippen LogP contribution is 2.31. The maximum Gasteiger partial charge on any atom is 0.0293 e. The van der Waals surface area contributed by atoms with Crippen LogP contribution in [-0.2, 0) is 0 Å². The molecule has 0 radical (unpaired) electrons. The van der Waals surface area contributed by atoms with E-state index in [1.165, 1.54) is 32.4 Å². The van der Waals surface area contributed by atoms with Gasteiger partial charge in [0.25, 0.3) is 0 Å². The molecule has 2 N–H and O–H groups in total. The van der Waals surface area contributed by atoms with Gasteiger partial charge in [0.15, 0.2) is 0 Å². The number of likely N-dealkylation sites (tertiary alicyclic amines) is 1. The average Bonchev–Trinajstić information content (AvgIpc) is 2.50. The number of nitrogens with two attached hydrogens (primary N) is 1. The summed E-state index contributed by atoms with van der Waals surface area (Å²) in [6.07, 6.45) is 4.07. The number of hydrogen-bond donors (Lipinski definition) is 1. The SMILES string of the molecule is CCCC1CCN(C(C(C)N)C(C)(C)C)C1. The first-order valence-electron chi connectivity index (χ1n) is 6.86. The molecule has 0 aromatic rings. The molecular formula is C14H30N2. The minimum absolute atomic E-state index is 0.264. The minimum Gasteiger partial charge on any atom is -0.327 e. The Morgan fingerprint density at radius 2 is 2.00 bits per heavy atom. The van der Waals surface area contributed by atoms with Gasteiger partial charge in [-0.05, 0) is 37.6 Å². The molecule has 3 unspecified atom stereocenters. The van der Waals surface area contributed by atoms with Crippen molar-refractivity contribution in [3.63, 3.8) is 0 Å². The lowest BCUT2D eigenvalue weighted by Gasteiger charge is -2.40. The predicted molar refractivity (Wildman–Crippen MR) is 71.5 cm³/mol. The summed E-state index contributed by atoms with van der Waals surface area (Å²) < 4.78 is 0. The van der Waals surface area contributed by atoms with E-state index in [4.69, 9.17) is 5.73 Å². The van der Waals surface area contributed by atoms with Crippen LogP contribution in [0.4, 0.5) is 0 Å². The number of hydrogen-bond acceptors (Lipinski definition) is 2. The van der Waals surface area contributed by atoms with Crippen molar-refractivity contribution in [2.24, 2.45) is 17.1 Å². The molecule has 1 aliphatic rings. The summed E-state index contributed by atoms with van der Waals surface area (Å²) in [5.74, 6) is 0.911. The van der Waals surface area contributed by atoms with Crippen LogP contribution in [0, 0.1) is 11.3 Å². The van der Waals surface area contributed by atoms with Gasteiger partial charge in [-0.2, -0.15) is 0 Å². The summed E-state index contributed by atoms with van der Waals surface area (Å²) in [6.45, 7) is 13.9. The smallest absolute Gasteiger partial charge is 0.0293 e. The molecule has 1 saturated heterocycles. The third kappa shape index (κ3) is 3.46. The molecule has 2 nitrogen and oxygen atoms in total. The van der Waals surface area contributed by atoms with E-state index >= 15 is 0 Å². The van der Waals surface area contributed by atoms with Crippen molar-refractivity contribution < 1.29 is 0 Å². The Morgan fingerprint density at radius 3 is 2.44 bits per heavy atom. The molecule has 0 amide bonds. The number of nitrogens with zero attached hydrogens (tertiary/aromatic N) is 1. The first-order valence-corrected chi connectivity index (χ1v) is 6.86. The van der Waals surface area contributed by atoms with Gasteiger partial charge in [0, 0.05) is 18.6 Å². The zero-order valence-electron chi connectivity index (χ0n) is 11.8. The Balaban J connectivity index is 2.61. The fourth-order valence-electron chi connectivity index (χ4n) is 3.43. The van der Waals surface area contributed by atoms with Crippen molar-refractivity contribution in [1.82, 2.24) is 4.90 Å². The number of rotatable bonds is 4. The second-order valence-electron chi connectivity index (χ2n) is 6.61. The van der Waals surface area contributed by atoms with Crippen molar-refractivity contribution in [2.45, 2.75) is 66.0 Å². The predicted octanol–water partition coefficient (Wildman–Crippen LogP) is 2.87. The Kier molecular flexibility index (Phi) is 4.81. The summed E-state index contributed by atoms with van der Waals surface area (Å²) in [5.41, 5.74) is 6.47. The molecule has 1 rings (SSSR count). The van der Waals surface area contributed by atoms with Gasteiger partial charge in [-0.1, -0.05) is 34.1 Å². The molecule has 2 heteroatoms. The molecule has 96 valence electrons. The van der Waals surface area contributed by atoms with Crippen molar-refractivity contribution in [1.29, 1.82) is 0 Å². The van der Waals surface area contributed by atoms with Crippen LogP contribution < -0.4 is 5.73 Å². The third-order valence-electron chi connectivity index (χ3n) is 3.79. The van der Waals surface area contributed by atoms with Crippen LogP contribution >= 0.6 is 0 Å². The second kappa shape index (κ2) is 5.50. The first kappa shape index (κ1) is 14.0. The van der Waals surface area contributed by atoms with Crippen LogP contribution in [0.1, 0.15) is 53.9 Å². The van der Waals surface area contributed by atoms with Gasteiger partial charge in [0.2, 0.25) is 0 Å². The van der Waals surface area contributed by atoms with Crippen LogP contribution in [0.25, 0.3) is 0 Å². The maximum absolute atomic E-state index is 6.18. The van der Waals surface area contributed by atoms with Crippen molar-refractivity contribution in [3.8, 4) is 0 Å². The average molecular weight is 226 g/mol. The zero-order chi connectivity index (χ0) is 12.3. The topological polar surface area (TPSA) is 29.3 Å². The van der Waals surface area contributed by atoms with Crippen LogP contribution in [0.5, 0.6) is 0 Å². The molecule has 0 aromatic heterocycles. The Bertz CT molecular complexity index is 205. The largest absolute Gasteiger partial charge is 0.327 e. The van der Waals surface area contributed by atoms with Crippen LogP contribution in [0.15, 0.2) is 0 Å². The van der Waals surface area contributed by atoms with Gasteiger partial charge in [0.05, 0.1) is 0 Å². The van der Waals surface area contributed by atoms with Crippen molar-refractivity contribution >= 4 is 0 Å². The van der Waals surface area contributed by atoms with Crippen LogP contribution in [-0.4, -0.2) is 30.1 Å². The molecule has 3 atom stereocenters. The van der Waals surface area contributed by atoms with E-state index in [1.54, 1.807) is 0 Å². The second-order valence-corrected chi connectivity index (χ2v) is 6.61. The normalized spacial score (nSPS) is 27.0. The maximum atomic E-state index is 6.18. The van der Waals surface area contributed by atoms with E-state index in [9.17, 15) is 0 Å². The standard InChI is InChI=1S/C14H30N2/c1-6-7-12-8-9-16(10-12)13(11(2)15)14(3,4)5/h11-13H,6-10,15H2,1-5H3. The summed E-state index contributed by atoms with van der Waals surface area (Å²) >= 11 is 0. The molecular weight excluding hydrogens is 196 g/mol. The van der Waals surface area contributed by atoms with E-state index in [2.05, 4.69) is 39.5 Å². The van der Waals surface area contributed by atoms with Crippen LogP contribution in [0.2, 0.25) is 0 Å². The Morgan fingerprint density at radius 1 is 1.38 bits per heavy atom. The van der Waals surface area contributed by atoms with Gasteiger partial charge in [0.1, 0.15) is 0 Å². The van der Waals surface area contributed by atoms with Gasteiger partial charge < -0.3 is 5.73 Å². The van der Waals surface area contributed by atoms with E-state index < -0.39 is 0 Å². The molecule has 0 spiro atoms. The van der Waals surface area contributed by atoms with Crippen LogP contribution in [0.3, 0.4) is 0 Å². The highest BCUT2D eigenvalue weighted by Gasteiger charge is 2.36. The Labute approximate surface area is 102 Å². The lowest BCUT2D eigenvalue weighted by molar-refractivity contribution is 0.101. The molecule has 1 fully saturated rings. The van der Waals surface area contributed by atoms with Crippen molar-refractivity contribution in [3.05, 3.63) is 0 Å². The summed E-state index contributed by atoms with van der Waals surface area (Å²) in [6, 6.07) is 0.787. The van der Waals surface area contributed by atoms with E-state index in [1.807, 2.05) is 0 Å². The molecule has 16 heavy (non-hydrogen) atoms. The lowest BCUT2D eigenvalue weighted by Crippen LogP contribution is -2.52. The minimum atomic E-state index is 0.264. The third-order valence-corrected chi connectivity index (χ3v) is 3.79. The van der Waals surface area contributed by atoms with E-state index in [-0.39, 0.29) is 11.5 Å². The fraction of sp³-hybridized carbons (Fsp3) is 1.00. The zero-order valence-corrected chi connectivity index (χ0v) is 11.8. The quantitative estimate of drug-likeness (QED) is 0.798. The highest BCUT2D eigenvalue weighted by atomic mass is 15.2. The monoisotopic (exact) mass is 226 g/mol. The molecule has 0 aliphatic carbocycles. The summed E-state index contributed by atoms with van der Waals surface area (Å²) in [4.78, 5) is 2.63. The van der Waals surface area contributed by atoms with Gasteiger partial charge in [-0.3, -0.25) is 4.90 Å². The van der Waals surface area contributed by atoms with E-state index in [0.717, 1.165) is 5.92 Å². The van der Waals surface area contributed by atoms with Gasteiger partial charge in [-0.15, -0.1) is 0 Å².